The number of halogens is 2. The van der Waals surface area contributed by atoms with Crippen LogP contribution in [0.15, 0.2) is 18.2 Å². The van der Waals surface area contributed by atoms with E-state index in [2.05, 4.69) is 15.9 Å². The molecule has 76 valence electrons. The van der Waals surface area contributed by atoms with E-state index in [4.69, 9.17) is 0 Å². The summed E-state index contributed by atoms with van der Waals surface area (Å²) in [6.45, 7) is 1.83. The average Bonchev–Trinajstić information content (AvgIpc) is 2.57. The van der Waals surface area contributed by atoms with Crippen LogP contribution in [0.1, 0.15) is 36.3 Å². The van der Waals surface area contributed by atoms with E-state index in [1.165, 1.54) is 24.8 Å². The van der Waals surface area contributed by atoms with E-state index < -0.39 is 0 Å². The zero-order valence-corrected chi connectivity index (χ0v) is 9.85. The molecule has 1 aliphatic rings. The highest BCUT2D eigenvalue weighted by atomic mass is 79.9. The molecule has 1 fully saturated rings. The maximum atomic E-state index is 13.1. The van der Waals surface area contributed by atoms with Crippen molar-refractivity contribution in [2.75, 3.05) is 0 Å². The molecule has 2 rings (SSSR count). The van der Waals surface area contributed by atoms with E-state index in [0.29, 0.717) is 10.7 Å². The summed E-state index contributed by atoms with van der Waals surface area (Å²) in [4.78, 5) is 0.651. The van der Waals surface area contributed by atoms with Crippen molar-refractivity contribution in [3.05, 3.63) is 35.1 Å². The van der Waals surface area contributed by atoms with Gasteiger partial charge in [0.1, 0.15) is 5.82 Å². The van der Waals surface area contributed by atoms with Gasteiger partial charge in [-0.05, 0) is 49.3 Å². The van der Waals surface area contributed by atoms with Crippen LogP contribution in [0, 0.1) is 12.7 Å². The summed E-state index contributed by atoms with van der Waals surface area (Å²) < 4.78 is 13.1. The first-order valence-electron chi connectivity index (χ1n) is 5.07. The molecule has 2 unspecified atom stereocenters. The minimum absolute atomic E-state index is 0.0952. The zero-order valence-electron chi connectivity index (χ0n) is 8.26. The van der Waals surface area contributed by atoms with Crippen molar-refractivity contribution < 1.29 is 4.39 Å². The van der Waals surface area contributed by atoms with Crippen LogP contribution in [0.3, 0.4) is 0 Å². The highest BCUT2D eigenvalue weighted by molar-refractivity contribution is 9.09. The second-order valence-electron chi connectivity index (χ2n) is 4.12. The molecule has 0 spiro atoms. The normalized spacial score (nSPS) is 26.8. The first-order chi connectivity index (χ1) is 6.66. The molecule has 1 saturated carbocycles. The van der Waals surface area contributed by atoms with E-state index in [0.717, 1.165) is 5.56 Å². The van der Waals surface area contributed by atoms with Crippen molar-refractivity contribution in [1.82, 2.24) is 0 Å². The van der Waals surface area contributed by atoms with Crippen molar-refractivity contribution >= 4 is 15.9 Å². The molecule has 0 nitrogen and oxygen atoms in total. The number of hydrogen-bond donors (Lipinski definition) is 0. The van der Waals surface area contributed by atoms with Gasteiger partial charge in [0.15, 0.2) is 0 Å². The summed E-state index contributed by atoms with van der Waals surface area (Å²) in [6, 6.07) is 5.51. The third-order valence-electron chi connectivity index (χ3n) is 3.02. The quantitative estimate of drug-likeness (QED) is 0.662. The van der Waals surface area contributed by atoms with Crippen LogP contribution < -0.4 is 0 Å². The molecule has 0 saturated heterocycles. The molecule has 2 atom stereocenters. The lowest BCUT2D eigenvalue weighted by Crippen LogP contribution is -1.95. The minimum Gasteiger partial charge on any atom is -0.207 e. The van der Waals surface area contributed by atoms with Crippen LogP contribution in [0.4, 0.5) is 4.39 Å². The first-order valence-corrected chi connectivity index (χ1v) is 5.98. The molecule has 0 amide bonds. The molecule has 0 heterocycles. The molecule has 14 heavy (non-hydrogen) atoms. The van der Waals surface area contributed by atoms with Gasteiger partial charge in [0.25, 0.3) is 0 Å². The Morgan fingerprint density at radius 1 is 1.36 bits per heavy atom. The molecular formula is C12H14BrF. The Labute approximate surface area is 92.6 Å². The lowest BCUT2D eigenvalue weighted by molar-refractivity contribution is 0.615. The molecule has 0 aromatic heterocycles. The van der Waals surface area contributed by atoms with Gasteiger partial charge >= 0.3 is 0 Å². The Morgan fingerprint density at radius 2 is 2.14 bits per heavy atom. The van der Waals surface area contributed by atoms with Gasteiger partial charge in [-0.1, -0.05) is 28.1 Å². The van der Waals surface area contributed by atoms with Crippen LogP contribution >= 0.6 is 15.9 Å². The number of benzene rings is 1. The van der Waals surface area contributed by atoms with Crippen LogP contribution in [-0.4, -0.2) is 4.83 Å². The maximum absolute atomic E-state index is 13.1. The molecule has 0 bridgehead atoms. The SMILES string of the molecule is Cc1cc(C2CCC(Br)C2)ccc1F. The first kappa shape index (κ1) is 10.2. The van der Waals surface area contributed by atoms with E-state index >= 15 is 0 Å². The highest BCUT2D eigenvalue weighted by Crippen LogP contribution is 2.38. The Balaban J connectivity index is 2.20. The van der Waals surface area contributed by atoms with Crippen LogP contribution in [0.5, 0.6) is 0 Å². The molecule has 0 N–H and O–H groups in total. The third-order valence-corrected chi connectivity index (χ3v) is 3.85. The summed E-state index contributed by atoms with van der Waals surface area (Å²) in [6.07, 6.45) is 3.65. The topological polar surface area (TPSA) is 0 Å². The van der Waals surface area contributed by atoms with Crippen molar-refractivity contribution in [2.24, 2.45) is 0 Å². The van der Waals surface area contributed by atoms with Crippen LogP contribution in [0.2, 0.25) is 0 Å². The number of aryl methyl sites for hydroxylation is 1. The van der Waals surface area contributed by atoms with Crippen molar-refractivity contribution in [3.8, 4) is 0 Å². The van der Waals surface area contributed by atoms with Gasteiger partial charge in [0, 0.05) is 4.83 Å². The molecule has 0 radical (unpaired) electrons. The van der Waals surface area contributed by atoms with E-state index in [-0.39, 0.29) is 5.82 Å². The molecule has 1 aliphatic carbocycles. The highest BCUT2D eigenvalue weighted by Gasteiger charge is 2.23. The Kier molecular flexibility index (Phi) is 2.91. The second kappa shape index (κ2) is 4.01. The summed E-state index contributed by atoms with van der Waals surface area (Å²) in [7, 11) is 0. The molecule has 2 heteroatoms. The van der Waals surface area contributed by atoms with Crippen molar-refractivity contribution in [3.63, 3.8) is 0 Å². The van der Waals surface area contributed by atoms with Gasteiger partial charge in [-0.15, -0.1) is 0 Å². The Bertz CT molecular complexity index is 335. The van der Waals surface area contributed by atoms with E-state index in [1.54, 1.807) is 6.07 Å². The molecule has 0 aliphatic heterocycles. The zero-order chi connectivity index (χ0) is 10.1. The van der Waals surface area contributed by atoms with E-state index in [9.17, 15) is 4.39 Å². The average molecular weight is 257 g/mol. The predicted molar refractivity (Wildman–Crippen MR) is 60.4 cm³/mol. The van der Waals surface area contributed by atoms with Gasteiger partial charge in [-0.3, -0.25) is 0 Å². The van der Waals surface area contributed by atoms with Crippen LogP contribution in [-0.2, 0) is 0 Å². The number of rotatable bonds is 1. The summed E-state index contributed by atoms with van der Waals surface area (Å²) in [5.74, 6) is 0.529. The van der Waals surface area contributed by atoms with Crippen molar-refractivity contribution in [1.29, 1.82) is 0 Å². The minimum atomic E-state index is -0.0952. The second-order valence-corrected chi connectivity index (χ2v) is 5.41. The van der Waals surface area contributed by atoms with Gasteiger partial charge < -0.3 is 0 Å². The predicted octanol–water partition coefficient (Wildman–Crippen LogP) is 4.17. The summed E-state index contributed by atoms with van der Waals surface area (Å²) >= 11 is 3.63. The molecular weight excluding hydrogens is 243 g/mol. The smallest absolute Gasteiger partial charge is 0.126 e. The van der Waals surface area contributed by atoms with Crippen LogP contribution in [0.25, 0.3) is 0 Å². The molecule has 1 aromatic rings. The van der Waals surface area contributed by atoms with Gasteiger partial charge in [0.05, 0.1) is 0 Å². The van der Waals surface area contributed by atoms with Gasteiger partial charge in [-0.25, -0.2) is 4.39 Å². The van der Waals surface area contributed by atoms with E-state index in [1.807, 2.05) is 19.1 Å². The fourth-order valence-electron chi connectivity index (χ4n) is 2.15. The lowest BCUT2D eigenvalue weighted by Gasteiger charge is -2.10. The van der Waals surface area contributed by atoms with Gasteiger partial charge in [0.2, 0.25) is 0 Å². The Hall–Kier alpha value is -0.370. The standard InChI is InChI=1S/C12H14BrF/c1-8-6-9(3-5-12(8)14)10-2-4-11(13)7-10/h3,5-6,10-11H,2,4,7H2,1H3. The Morgan fingerprint density at radius 3 is 2.71 bits per heavy atom. The molecule has 1 aromatic carbocycles. The van der Waals surface area contributed by atoms with Crippen molar-refractivity contribution in [2.45, 2.75) is 36.9 Å². The third kappa shape index (κ3) is 2.00. The maximum Gasteiger partial charge on any atom is 0.126 e. The number of hydrogen-bond acceptors (Lipinski definition) is 0. The largest absolute Gasteiger partial charge is 0.207 e. The fraction of sp³-hybridized carbons (Fsp3) is 0.500. The summed E-state index contributed by atoms with van der Waals surface area (Å²) in [5.41, 5.74) is 2.06. The fourth-order valence-corrected chi connectivity index (χ4v) is 2.87. The monoisotopic (exact) mass is 256 g/mol. The van der Waals surface area contributed by atoms with Gasteiger partial charge in [-0.2, -0.15) is 0 Å². The summed E-state index contributed by atoms with van der Waals surface area (Å²) in [5, 5.41) is 0. The number of alkyl halides is 1. The lowest BCUT2D eigenvalue weighted by atomic mass is 9.96.